The summed E-state index contributed by atoms with van der Waals surface area (Å²) in [5, 5.41) is 17.7. The number of carbonyl (C=O) groups is 1. The van der Waals surface area contributed by atoms with Gasteiger partial charge in [0, 0.05) is 11.6 Å². The largest absolute Gasteiger partial charge is 0.508 e. The van der Waals surface area contributed by atoms with Crippen LogP contribution >= 0.6 is 0 Å². The zero-order valence-electron chi connectivity index (χ0n) is 8.30. The molecule has 0 atom stereocenters. The van der Waals surface area contributed by atoms with Crippen LogP contribution in [0.3, 0.4) is 0 Å². The molecule has 1 rings (SSSR count). The van der Waals surface area contributed by atoms with Gasteiger partial charge in [0.2, 0.25) is 0 Å². The van der Waals surface area contributed by atoms with Gasteiger partial charge in [0.1, 0.15) is 18.1 Å². The van der Waals surface area contributed by atoms with Crippen LogP contribution in [-0.2, 0) is 4.79 Å². The second-order valence-corrected chi connectivity index (χ2v) is 3.00. The number of aliphatic carboxylic acids is 1. The third kappa shape index (κ3) is 3.72. The second-order valence-electron chi connectivity index (χ2n) is 3.00. The zero-order chi connectivity index (χ0) is 11.3. The van der Waals surface area contributed by atoms with Crippen molar-refractivity contribution in [2.45, 2.75) is 6.92 Å². The molecule has 0 saturated carbocycles. The molecule has 0 fully saturated rings. The first-order valence-electron chi connectivity index (χ1n) is 4.41. The fraction of sp³-hybridized carbons (Fsp3) is 0.182. The van der Waals surface area contributed by atoms with Gasteiger partial charge in [-0.1, -0.05) is 6.07 Å². The first-order chi connectivity index (χ1) is 7.09. The SMILES string of the molecule is C/C(=C\COc1cccc(O)c1)C(=O)O. The van der Waals surface area contributed by atoms with E-state index in [0.717, 1.165) is 0 Å². The summed E-state index contributed by atoms with van der Waals surface area (Å²) in [5.74, 6) is -0.342. The van der Waals surface area contributed by atoms with Crippen molar-refractivity contribution in [2.24, 2.45) is 0 Å². The number of hydrogen-bond donors (Lipinski definition) is 2. The number of carboxylic acid groups (broad SMARTS) is 1. The summed E-state index contributed by atoms with van der Waals surface area (Å²) in [7, 11) is 0. The summed E-state index contributed by atoms with van der Waals surface area (Å²) in [6.07, 6.45) is 1.46. The van der Waals surface area contributed by atoms with Crippen molar-refractivity contribution < 1.29 is 19.7 Å². The average molecular weight is 208 g/mol. The molecular formula is C11H12O4. The van der Waals surface area contributed by atoms with E-state index in [0.29, 0.717) is 5.75 Å². The van der Waals surface area contributed by atoms with Crippen LogP contribution in [0.5, 0.6) is 11.5 Å². The number of hydrogen-bond acceptors (Lipinski definition) is 3. The van der Waals surface area contributed by atoms with Gasteiger partial charge in [-0.2, -0.15) is 0 Å². The monoisotopic (exact) mass is 208 g/mol. The summed E-state index contributed by atoms with van der Waals surface area (Å²) in [6.45, 7) is 1.66. The molecule has 0 saturated heterocycles. The summed E-state index contributed by atoms with van der Waals surface area (Å²) < 4.78 is 5.21. The minimum Gasteiger partial charge on any atom is -0.508 e. The van der Waals surface area contributed by atoms with Gasteiger partial charge in [-0.25, -0.2) is 4.79 Å². The number of phenols is 1. The molecule has 0 aliphatic carbocycles. The van der Waals surface area contributed by atoms with Crippen molar-refractivity contribution in [2.75, 3.05) is 6.61 Å². The van der Waals surface area contributed by atoms with Crippen LogP contribution in [0.15, 0.2) is 35.9 Å². The number of aromatic hydroxyl groups is 1. The molecule has 0 aliphatic heterocycles. The Bertz CT molecular complexity index is 382. The summed E-state index contributed by atoms with van der Waals surface area (Å²) in [6, 6.07) is 6.33. The molecule has 1 aromatic carbocycles. The fourth-order valence-corrected chi connectivity index (χ4v) is 0.923. The maximum absolute atomic E-state index is 10.4. The second kappa shape index (κ2) is 5.05. The van der Waals surface area contributed by atoms with E-state index in [1.165, 1.54) is 25.1 Å². The lowest BCUT2D eigenvalue weighted by molar-refractivity contribution is -0.132. The van der Waals surface area contributed by atoms with Crippen LogP contribution in [0.25, 0.3) is 0 Å². The van der Waals surface area contributed by atoms with Crippen LogP contribution in [0, 0.1) is 0 Å². The van der Waals surface area contributed by atoms with Gasteiger partial charge in [-0.05, 0) is 25.1 Å². The third-order valence-corrected chi connectivity index (χ3v) is 1.79. The molecule has 80 valence electrons. The highest BCUT2D eigenvalue weighted by Crippen LogP contribution is 2.17. The molecule has 0 aliphatic rings. The first kappa shape index (κ1) is 11.1. The lowest BCUT2D eigenvalue weighted by Gasteiger charge is -2.03. The molecule has 1 aromatic rings. The maximum Gasteiger partial charge on any atom is 0.331 e. The third-order valence-electron chi connectivity index (χ3n) is 1.79. The van der Waals surface area contributed by atoms with Crippen molar-refractivity contribution in [3.05, 3.63) is 35.9 Å². The van der Waals surface area contributed by atoms with E-state index in [2.05, 4.69) is 0 Å². The highest BCUT2D eigenvalue weighted by atomic mass is 16.5. The summed E-state index contributed by atoms with van der Waals surface area (Å²) in [5.41, 5.74) is 0.232. The number of carboxylic acids is 1. The van der Waals surface area contributed by atoms with Crippen molar-refractivity contribution >= 4 is 5.97 Å². The average Bonchev–Trinajstić information content (AvgIpc) is 2.17. The Hall–Kier alpha value is -1.97. The van der Waals surface area contributed by atoms with E-state index in [9.17, 15) is 4.79 Å². The first-order valence-corrected chi connectivity index (χ1v) is 4.41. The lowest BCUT2D eigenvalue weighted by Crippen LogP contribution is -2.00. The van der Waals surface area contributed by atoms with Gasteiger partial charge >= 0.3 is 5.97 Å². The molecule has 4 heteroatoms. The topological polar surface area (TPSA) is 66.8 Å². The Morgan fingerprint density at radius 1 is 1.53 bits per heavy atom. The molecule has 0 unspecified atom stereocenters. The van der Waals surface area contributed by atoms with E-state index in [4.69, 9.17) is 14.9 Å². The summed E-state index contributed by atoms with van der Waals surface area (Å²) >= 11 is 0. The summed E-state index contributed by atoms with van der Waals surface area (Å²) in [4.78, 5) is 10.4. The Morgan fingerprint density at radius 2 is 2.27 bits per heavy atom. The Morgan fingerprint density at radius 3 is 2.87 bits per heavy atom. The van der Waals surface area contributed by atoms with Crippen LogP contribution in [-0.4, -0.2) is 22.8 Å². The zero-order valence-corrected chi connectivity index (χ0v) is 8.30. The number of phenolic OH excluding ortho intramolecular Hbond substituents is 1. The van der Waals surface area contributed by atoms with Gasteiger partial charge < -0.3 is 14.9 Å². The Kier molecular flexibility index (Phi) is 3.74. The lowest BCUT2D eigenvalue weighted by atomic mass is 10.3. The molecule has 15 heavy (non-hydrogen) atoms. The van der Waals surface area contributed by atoms with Crippen molar-refractivity contribution in [3.63, 3.8) is 0 Å². The highest BCUT2D eigenvalue weighted by molar-refractivity contribution is 5.85. The fourth-order valence-electron chi connectivity index (χ4n) is 0.923. The van der Waals surface area contributed by atoms with Gasteiger partial charge in [0.05, 0.1) is 0 Å². The smallest absolute Gasteiger partial charge is 0.331 e. The molecule has 0 amide bonds. The van der Waals surface area contributed by atoms with E-state index in [-0.39, 0.29) is 17.9 Å². The van der Waals surface area contributed by atoms with E-state index in [1.807, 2.05) is 0 Å². The van der Waals surface area contributed by atoms with Gasteiger partial charge in [-0.3, -0.25) is 0 Å². The Labute approximate surface area is 87.4 Å². The predicted molar refractivity (Wildman–Crippen MR) is 55.0 cm³/mol. The molecule has 0 heterocycles. The number of ether oxygens (including phenoxy) is 1. The van der Waals surface area contributed by atoms with Crippen molar-refractivity contribution in [1.29, 1.82) is 0 Å². The maximum atomic E-state index is 10.4. The van der Waals surface area contributed by atoms with Gasteiger partial charge in [0.25, 0.3) is 0 Å². The van der Waals surface area contributed by atoms with E-state index >= 15 is 0 Å². The van der Waals surface area contributed by atoms with Gasteiger partial charge in [-0.15, -0.1) is 0 Å². The molecule has 2 N–H and O–H groups in total. The minimum atomic E-state index is -0.963. The van der Waals surface area contributed by atoms with Crippen molar-refractivity contribution in [1.82, 2.24) is 0 Å². The molecule has 0 radical (unpaired) electrons. The van der Waals surface area contributed by atoms with E-state index < -0.39 is 5.97 Å². The molecule has 4 nitrogen and oxygen atoms in total. The molecular weight excluding hydrogens is 196 g/mol. The minimum absolute atomic E-state index is 0.117. The Balaban J connectivity index is 2.51. The predicted octanol–water partition coefficient (Wildman–Crippen LogP) is 1.80. The van der Waals surface area contributed by atoms with Crippen LogP contribution in [0.1, 0.15) is 6.92 Å². The standard InChI is InChI=1S/C11H12O4/c1-8(11(13)14)5-6-15-10-4-2-3-9(12)7-10/h2-5,7,12H,6H2,1H3,(H,13,14)/b8-5+. The van der Waals surface area contributed by atoms with E-state index in [1.54, 1.807) is 12.1 Å². The van der Waals surface area contributed by atoms with Crippen LogP contribution in [0.4, 0.5) is 0 Å². The normalized spacial score (nSPS) is 11.1. The highest BCUT2D eigenvalue weighted by Gasteiger charge is 1.98. The molecule has 0 spiro atoms. The molecule has 0 bridgehead atoms. The molecule has 0 aromatic heterocycles. The number of benzene rings is 1. The van der Waals surface area contributed by atoms with Gasteiger partial charge in [0.15, 0.2) is 0 Å². The van der Waals surface area contributed by atoms with Crippen LogP contribution in [0.2, 0.25) is 0 Å². The quantitative estimate of drug-likeness (QED) is 0.740. The number of rotatable bonds is 4. The van der Waals surface area contributed by atoms with Crippen molar-refractivity contribution in [3.8, 4) is 11.5 Å². The van der Waals surface area contributed by atoms with Crippen LogP contribution < -0.4 is 4.74 Å².